The number of hydrogen-bond donors (Lipinski definition) is 3. The monoisotopic (exact) mass is 459 g/mol. The van der Waals surface area contributed by atoms with Crippen LogP contribution in [0.5, 0.6) is 11.5 Å². The summed E-state index contributed by atoms with van der Waals surface area (Å²) in [6, 6.07) is 2.01. The average Bonchev–Trinajstić information content (AvgIpc) is 2.57. The van der Waals surface area contributed by atoms with Crippen LogP contribution in [0.15, 0.2) is 28.7 Å². The minimum atomic E-state index is -4.95. The molecule has 3 N–H and O–H groups in total. The van der Waals surface area contributed by atoms with Gasteiger partial charge in [0.15, 0.2) is 17.4 Å². The van der Waals surface area contributed by atoms with Crippen LogP contribution < -0.4 is 10.1 Å². The molecule has 1 atom stereocenters. The van der Waals surface area contributed by atoms with Gasteiger partial charge in [-0.3, -0.25) is 0 Å². The molecular weight excluding hydrogens is 448 g/mol. The Morgan fingerprint density at radius 3 is 2.15 bits per heavy atom. The molecule has 0 heterocycles. The number of nitrogens with one attached hydrogen (secondary N) is 1. The summed E-state index contributed by atoms with van der Waals surface area (Å²) in [6.45, 7) is -0.730. The largest absolute Gasteiger partial charge is 0.450 e. The van der Waals surface area contributed by atoms with E-state index in [-0.39, 0.29) is 28.8 Å². The van der Waals surface area contributed by atoms with Crippen molar-refractivity contribution in [1.29, 1.82) is 0 Å². The van der Waals surface area contributed by atoms with Crippen LogP contribution in [0.3, 0.4) is 0 Å². The van der Waals surface area contributed by atoms with E-state index >= 15 is 0 Å². The number of benzene rings is 2. The first-order chi connectivity index (χ1) is 12.5. The average molecular weight is 460 g/mol. The van der Waals surface area contributed by atoms with Gasteiger partial charge in [-0.05, 0) is 34.1 Å². The SMILES string of the molecule is OCC(O)CNc1cc(Br)c(Oc2c(F)cc(C(F)(F)F)cc2F)cc1F. The lowest BCUT2D eigenvalue weighted by atomic mass is 10.2. The number of alkyl halides is 3. The van der Waals surface area contributed by atoms with Crippen molar-refractivity contribution in [3.63, 3.8) is 0 Å². The molecule has 2 aromatic rings. The van der Waals surface area contributed by atoms with Crippen LogP contribution in [0.1, 0.15) is 5.56 Å². The Balaban J connectivity index is 2.29. The van der Waals surface area contributed by atoms with Gasteiger partial charge in [0, 0.05) is 12.6 Å². The second-order valence-electron chi connectivity index (χ2n) is 5.35. The molecule has 2 aromatic carbocycles. The maximum Gasteiger partial charge on any atom is 0.416 e. The molecule has 0 bridgehead atoms. The molecule has 0 aliphatic heterocycles. The lowest BCUT2D eigenvalue weighted by molar-refractivity contribution is -0.138. The third-order valence-corrected chi connectivity index (χ3v) is 3.92. The summed E-state index contributed by atoms with van der Waals surface area (Å²) in [4.78, 5) is 0. The molecule has 0 aromatic heterocycles. The fraction of sp³-hybridized carbons (Fsp3) is 0.250. The smallest absolute Gasteiger partial charge is 0.416 e. The van der Waals surface area contributed by atoms with E-state index in [0.29, 0.717) is 0 Å². The zero-order valence-corrected chi connectivity index (χ0v) is 14.8. The second kappa shape index (κ2) is 8.36. The van der Waals surface area contributed by atoms with Crippen LogP contribution in [0, 0.1) is 17.5 Å². The van der Waals surface area contributed by atoms with Crippen LogP contribution in [0.25, 0.3) is 0 Å². The summed E-state index contributed by atoms with van der Waals surface area (Å²) in [5, 5.41) is 20.4. The lowest BCUT2D eigenvalue weighted by Crippen LogP contribution is -2.23. The third kappa shape index (κ3) is 5.27. The normalized spacial score (nSPS) is 12.8. The van der Waals surface area contributed by atoms with Crippen molar-refractivity contribution < 1.29 is 41.3 Å². The van der Waals surface area contributed by atoms with Gasteiger partial charge in [0.2, 0.25) is 0 Å². The van der Waals surface area contributed by atoms with Crippen molar-refractivity contribution in [2.75, 3.05) is 18.5 Å². The topological polar surface area (TPSA) is 61.7 Å². The lowest BCUT2D eigenvalue weighted by Gasteiger charge is -2.15. The van der Waals surface area contributed by atoms with Crippen LogP contribution in [0.2, 0.25) is 0 Å². The van der Waals surface area contributed by atoms with Gasteiger partial charge >= 0.3 is 6.18 Å². The van der Waals surface area contributed by atoms with E-state index in [1.807, 2.05) is 0 Å². The first-order valence-corrected chi connectivity index (χ1v) is 8.08. The van der Waals surface area contributed by atoms with Crippen molar-refractivity contribution >= 4 is 21.6 Å². The van der Waals surface area contributed by atoms with Gasteiger partial charge < -0.3 is 20.3 Å². The molecule has 0 saturated carbocycles. The van der Waals surface area contributed by atoms with E-state index in [9.17, 15) is 31.4 Å². The van der Waals surface area contributed by atoms with Gasteiger partial charge in [0.1, 0.15) is 11.6 Å². The van der Waals surface area contributed by atoms with Crippen LogP contribution in [-0.2, 0) is 6.18 Å². The molecular formula is C16H12BrF6NO3. The highest BCUT2D eigenvalue weighted by atomic mass is 79.9. The van der Waals surface area contributed by atoms with E-state index in [4.69, 9.17) is 9.84 Å². The van der Waals surface area contributed by atoms with Gasteiger partial charge in [0.25, 0.3) is 0 Å². The molecule has 0 spiro atoms. The molecule has 11 heteroatoms. The molecule has 0 aliphatic rings. The molecule has 4 nitrogen and oxygen atoms in total. The van der Waals surface area contributed by atoms with Crippen molar-refractivity contribution in [1.82, 2.24) is 0 Å². The van der Waals surface area contributed by atoms with Gasteiger partial charge in [-0.25, -0.2) is 13.2 Å². The van der Waals surface area contributed by atoms with Crippen molar-refractivity contribution in [2.24, 2.45) is 0 Å². The summed E-state index contributed by atoms with van der Waals surface area (Å²) >= 11 is 2.99. The van der Waals surface area contributed by atoms with Gasteiger partial charge in [0.05, 0.1) is 28.4 Å². The van der Waals surface area contributed by atoms with Gasteiger partial charge in [-0.2, -0.15) is 13.2 Å². The van der Waals surface area contributed by atoms with E-state index in [1.165, 1.54) is 0 Å². The summed E-state index contributed by atoms with van der Waals surface area (Å²) in [5.41, 5.74) is -1.65. The van der Waals surface area contributed by atoms with Crippen molar-refractivity contribution in [3.05, 3.63) is 51.8 Å². The molecule has 0 saturated heterocycles. The van der Waals surface area contributed by atoms with Gasteiger partial charge in [-0.15, -0.1) is 0 Å². The number of aliphatic hydroxyl groups excluding tert-OH is 2. The van der Waals surface area contributed by atoms with Crippen LogP contribution in [0.4, 0.5) is 32.0 Å². The van der Waals surface area contributed by atoms with E-state index in [2.05, 4.69) is 21.2 Å². The highest BCUT2D eigenvalue weighted by molar-refractivity contribution is 9.10. The minimum Gasteiger partial charge on any atom is -0.450 e. The Kier molecular flexibility index (Phi) is 6.60. The highest BCUT2D eigenvalue weighted by Crippen LogP contribution is 2.38. The summed E-state index contributed by atoms with van der Waals surface area (Å²) < 4.78 is 84.3. The maximum absolute atomic E-state index is 14.1. The van der Waals surface area contributed by atoms with E-state index in [0.717, 1.165) is 12.1 Å². The predicted molar refractivity (Wildman–Crippen MR) is 87.1 cm³/mol. The molecule has 0 aliphatic carbocycles. The molecule has 148 valence electrons. The molecule has 27 heavy (non-hydrogen) atoms. The van der Waals surface area contributed by atoms with Crippen LogP contribution in [-0.4, -0.2) is 29.5 Å². The first kappa shape index (κ1) is 21.3. The fourth-order valence-corrected chi connectivity index (χ4v) is 2.39. The minimum absolute atomic E-state index is 0.0311. The van der Waals surface area contributed by atoms with Gasteiger partial charge in [-0.1, -0.05) is 0 Å². The predicted octanol–water partition coefficient (Wildman–Crippen LogP) is 4.44. The Bertz CT molecular complexity index is 808. The van der Waals surface area contributed by atoms with E-state index < -0.39 is 53.4 Å². The number of rotatable bonds is 6. The van der Waals surface area contributed by atoms with Crippen molar-refractivity contribution in [3.8, 4) is 11.5 Å². The molecule has 2 rings (SSSR count). The highest BCUT2D eigenvalue weighted by Gasteiger charge is 2.33. The summed E-state index contributed by atoms with van der Waals surface area (Å²) in [7, 11) is 0. The zero-order chi connectivity index (χ0) is 20.4. The quantitative estimate of drug-likeness (QED) is 0.558. The Morgan fingerprint density at radius 1 is 1.04 bits per heavy atom. The number of ether oxygens (including phenoxy) is 1. The third-order valence-electron chi connectivity index (χ3n) is 3.30. The fourth-order valence-electron chi connectivity index (χ4n) is 1.97. The number of anilines is 1. The molecule has 1 unspecified atom stereocenters. The first-order valence-electron chi connectivity index (χ1n) is 7.29. The Labute approximate surface area is 157 Å². The van der Waals surface area contributed by atoms with Crippen molar-refractivity contribution in [2.45, 2.75) is 12.3 Å². The zero-order valence-electron chi connectivity index (χ0n) is 13.2. The maximum atomic E-state index is 14.1. The number of halogens is 7. The summed E-state index contributed by atoms with van der Waals surface area (Å²) in [5.74, 6) is -5.66. The number of aliphatic hydroxyl groups is 2. The Morgan fingerprint density at radius 2 is 1.63 bits per heavy atom. The van der Waals surface area contributed by atoms with E-state index in [1.54, 1.807) is 0 Å². The second-order valence-corrected chi connectivity index (χ2v) is 6.20. The standard InChI is InChI=1S/C16H12BrF6NO3/c17-9-3-13(24-5-8(26)6-25)10(18)4-14(9)27-15-11(19)1-7(2-12(15)20)16(21,22)23/h1-4,8,24-26H,5-6H2. The molecule has 0 amide bonds. The molecule has 0 fully saturated rings. The molecule has 0 radical (unpaired) electrons. The summed E-state index contributed by atoms with van der Waals surface area (Å²) in [6.07, 6.45) is -6.09. The Hall–Kier alpha value is -1.98. The number of hydrogen-bond acceptors (Lipinski definition) is 4. The van der Waals surface area contributed by atoms with Crippen LogP contribution >= 0.6 is 15.9 Å².